The Kier molecular flexibility index (Phi) is 52.6. The molecule has 0 aliphatic heterocycles. The predicted octanol–water partition coefficient (Wildman–Crippen LogP) is 17.2. The highest BCUT2D eigenvalue weighted by Gasteiger charge is 2.19. The van der Waals surface area contributed by atoms with Gasteiger partial charge in [0.05, 0.1) is 0 Å². The molecule has 342 valence electrons. The van der Waals surface area contributed by atoms with Crippen molar-refractivity contribution in [2.45, 2.75) is 310 Å². The van der Waals surface area contributed by atoms with E-state index in [2.05, 4.69) is 34.6 Å². The molecule has 0 bridgehead atoms. The Labute approximate surface area is 354 Å². The number of hydrogen-bond donors (Lipinski definition) is 0. The maximum Gasteiger partial charge on any atom is 0.213 e. The first kappa shape index (κ1) is 59.5. The van der Waals surface area contributed by atoms with Crippen LogP contribution in [0.4, 0.5) is 0 Å². The third-order valence-corrected chi connectivity index (χ3v) is 11.5. The highest BCUT2D eigenvalue weighted by atomic mass is 16.6. The second-order valence-corrected chi connectivity index (χ2v) is 17.2. The van der Waals surface area contributed by atoms with Crippen LogP contribution in [-0.4, -0.2) is 32.9 Å². The molecule has 0 rings (SSSR count). The van der Waals surface area contributed by atoms with E-state index < -0.39 is 0 Å². The number of nitrogens with zero attached hydrogens (tertiary/aromatic N) is 3. The Morgan fingerprint density at radius 3 is 0.667 bits per heavy atom. The molecule has 3 unspecified atom stereocenters. The van der Waals surface area contributed by atoms with E-state index in [4.69, 9.17) is 0 Å². The molecule has 0 aromatic carbocycles. The van der Waals surface area contributed by atoms with E-state index >= 15 is 0 Å². The fourth-order valence-corrected chi connectivity index (χ4v) is 7.38. The van der Waals surface area contributed by atoms with Gasteiger partial charge in [-0.05, 0) is 32.1 Å². The average Bonchev–Trinajstić information content (AvgIpc) is 3.19. The highest BCUT2D eigenvalue weighted by Crippen LogP contribution is 2.18. The van der Waals surface area contributed by atoms with Gasteiger partial charge in [-0.25, -0.2) is 0 Å². The van der Waals surface area contributed by atoms with Crippen LogP contribution >= 0.6 is 0 Å². The van der Waals surface area contributed by atoms with Crippen molar-refractivity contribution in [1.82, 2.24) is 0 Å². The van der Waals surface area contributed by atoms with Crippen LogP contribution in [0, 0.1) is 30.3 Å². The summed E-state index contributed by atoms with van der Waals surface area (Å²) in [4.78, 5) is 32.1. The van der Waals surface area contributed by atoms with Crippen LogP contribution in [-0.2, 0) is 0 Å². The van der Waals surface area contributed by atoms with Crippen LogP contribution in [0.15, 0.2) is 0 Å². The molecule has 0 radical (unpaired) electrons. The zero-order valence-electron chi connectivity index (χ0n) is 39.1. The van der Waals surface area contributed by atoms with Gasteiger partial charge in [0, 0.05) is 53.8 Å². The van der Waals surface area contributed by atoms with Crippen LogP contribution < -0.4 is 0 Å². The second kappa shape index (κ2) is 50.3. The highest BCUT2D eigenvalue weighted by molar-refractivity contribution is 4.60. The lowest BCUT2D eigenvalue weighted by molar-refractivity contribution is -0.524. The Hall–Kier alpha value is -1.80. The normalized spacial score (nSPS) is 12.5. The minimum Gasteiger partial charge on any atom is -0.264 e. The third kappa shape index (κ3) is 50.3. The Bertz CT molecular complexity index is 830. The molecule has 0 spiro atoms. The summed E-state index contributed by atoms with van der Waals surface area (Å²) >= 11 is 0. The lowest BCUT2D eigenvalue weighted by Crippen LogP contribution is -2.19. The maximum atomic E-state index is 11.1. The molecule has 3 atom stereocenters. The monoisotopic (exact) mass is 814 g/mol. The first-order chi connectivity index (χ1) is 27.6. The molecule has 0 saturated heterocycles. The number of nitro groups is 3. The Morgan fingerprint density at radius 2 is 0.456 bits per heavy atom. The summed E-state index contributed by atoms with van der Waals surface area (Å²) in [6.45, 7) is 12.7. The lowest BCUT2D eigenvalue weighted by atomic mass is 10.0. The largest absolute Gasteiger partial charge is 0.264 e. The maximum absolute atomic E-state index is 11.1. The lowest BCUT2D eigenvalue weighted by Gasteiger charge is -2.09. The average molecular weight is 814 g/mol. The van der Waals surface area contributed by atoms with Gasteiger partial charge in [-0.1, -0.05) is 221 Å². The van der Waals surface area contributed by atoms with Crippen LogP contribution in [0.2, 0.25) is 0 Å². The smallest absolute Gasteiger partial charge is 0.213 e. The van der Waals surface area contributed by atoms with Gasteiger partial charge in [0.25, 0.3) is 0 Å². The third-order valence-electron chi connectivity index (χ3n) is 11.5. The molecular weight excluding hydrogens is 715 g/mol. The van der Waals surface area contributed by atoms with Crippen molar-refractivity contribution in [2.24, 2.45) is 0 Å². The molecule has 9 heteroatoms. The van der Waals surface area contributed by atoms with E-state index in [1.807, 2.05) is 0 Å². The fraction of sp³-hybridized carbons (Fsp3) is 1.00. The van der Waals surface area contributed by atoms with Crippen LogP contribution in [0.3, 0.4) is 0 Å². The first-order valence-electron chi connectivity index (χ1n) is 25.0. The van der Waals surface area contributed by atoms with Gasteiger partial charge in [0.15, 0.2) is 0 Å². The van der Waals surface area contributed by atoms with Gasteiger partial charge in [-0.2, -0.15) is 0 Å². The molecule has 0 aromatic rings. The first-order valence-corrected chi connectivity index (χ1v) is 25.0. The van der Waals surface area contributed by atoms with Crippen molar-refractivity contribution in [2.75, 3.05) is 0 Å². The zero-order chi connectivity index (χ0) is 43.0. The molecule has 0 amide bonds. The van der Waals surface area contributed by atoms with Gasteiger partial charge >= 0.3 is 0 Å². The van der Waals surface area contributed by atoms with Crippen molar-refractivity contribution >= 4 is 0 Å². The van der Waals surface area contributed by atoms with E-state index in [1.54, 1.807) is 6.92 Å². The van der Waals surface area contributed by atoms with E-state index in [0.717, 1.165) is 89.9 Å². The van der Waals surface area contributed by atoms with Gasteiger partial charge in [0.1, 0.15) is 0 Å². The molecular formula is C48H99N3O6. The summed E-state index contributed by atoms with van der Waals surface area (Å²) in [6, 6.07) is -0.928. The molecule has 9 nitrogen and oxygen atoms in total. The quantitative estimate of drug-likeness (QED) is 0.0343. The summed E-state index contributed by atoms with van der Waals surface area (Å²) in [7, 11) is 0. The van der Waals surface area contributed by atoms with Crippen LogP contribution in [0.1, 0.15) is 292 Å². The van der Waals surface area contributed by atoms with E-state index in [9.17, 15) is 30.3 Å². The molecule has 0 saturated carbocycles. The zero-order valence-corrected chi connectivity index (χ0v) is 39.1. The Balaban J connectivity index is -0.000000772. The molecule has 0 aliphatic carbocycles. The SMILES string of the molecule is CCCCCCCCCCC(CCCCC)[N+](=O)[O-].CCCCCCCCCCC(CCCCCCC)[N+](=O)[O-].CCCCCCCCCCCCC(C)[N+](=O)[O-]. The van der Waals surface area contributed by atoms with Gasteiger partial charge in [0.2, 0.25) is 18.1 Å². The molecule has 0 aromatic heterocycles. The van der Waals surface area contributed by atoms with E-state index in [0.29, 0.717) is 0 Å². The molecule has 0 aliphatic rings. The minimum absolute atomic E-state index is 0.0406. The van der Waals surface area contributed by atoms with Crippen LogP contribution in [0.25, 0.3) is 0 Å². The van der Waals surface area contributed by atoms with Gasteiger partial charge < -0.3 is 0 Å². The van der Waals surface area contributed by atoms with Crippen molar-refractivity contribution in [3.63, 3.8) is 0 Å². The topological polar surface area (TPSA) is 129 Å². The van der Waals surface area contributed by atoms with E-state index in [-0.39, 0.29) is 32.9 Å². The van der Waals surface area contributed by atoms with E-state index in [1.165, 1.54) is 161 Å². The fourth-order valence-electron chi connectivity index (χ4n) is 7.38. The number of hydrogen-bond acceptors (Lipinski definition) is 6. The van der Waals surface area contributed by atoms with Crippen molar-refractivity contribution in [3.05, 3.63) is 30.3 Å². The van der Waals surface area contributed by atoms with Gasteiger partial charge in [-0.3, -0.25) is 30.3 Å². The number of rotatable bonds is 42. The predicted molar refractivity (Wildman–Crippen MR) is 246 cm³/mol. The molecule has 0 N–H and O–H groups in total. The van der Waals surface area contributed by atoms with Gasteiger partial charge in [-0.15, -0.1) is 0 Å². The van der Waals surface area contributed by atoms with Crippen molar-refractivity contribution in [3.8, 4) is 0 Å². The summed E-state index contributed by atoms with van der Waals surface area (Å²) in [6.07, 6.45) is 46.2. The number of unbranched alkanes of at least 4 members (excludes halogenated alkanes) is 29. The molecule has 0 heterocycles. The molecule has 57 heavy (non-hydrogen) atoms. The molecule has 0 fully saturated rings. The Morgan fingerprint density at radius 1 is 0.281 bits per heavy atom. The summed E-state index contributed by atoms with van der Waals surface area (Å²) in [5, 5.41) is 32.4. The minimum atomic E-state index is -0.357. The summed E-state index contributed by atoms with van der Waals surface area (Å²) < 4.78 is 0. The summed E-state index contributed by atoms with van der Waals surface area (Å²) in [5.74, 6) is 0. The van der Waals surface area contributed by atoms with Crippen LogP contribution in [0.5, 0.6) is 0 Å². The van der Waals surface area contributed by atoms with Crippen molar-refractivity contribution in [1.29, 1.82) is 0 Å². The second-order valence-electron chi connectivity index (χ2n) is 17.2. The van der Waals surface area contributed by atoms with Crippen molar-refractivity contribution < 1.29 is 14.8 Å². The summed E-state index contributed by atoms with van der Waals surface area (Å²) in [5.41, 5.74) is 0. The standard InChI is InChI=1S/C18H37NO2.C16H33NO2.C14H29NO2/c1-3-5-7-9-10-11-13-15-17-18(19(20)21)16-14-12-8-6-4-2;1-3-5-7-8-9-10-11-13-15-16(17(18)19)14-12-6-4-2;1-3-4-5-6-7-8-9-10-11-12-13-14(2)15(16)17/h18H,3-17H2,1-2H3;16H,3-15H2,1-2H3;14H,3-13H2,1-2H3.